The molecule has 6 heteroatoms. The summed E-state index contributed by atoms with van der Waals surface area (Å²) in [7, 11) is 0. The summed E-state index contributed by atoms with van der Waals surface area (Å²) in [5, 5.41) is 2.85. The normalized spacial score (nSPS) is 11.8. The zero-order chi connectivity index (χ0) is 15.1. The van der Waals surface area contributed by atoms with E-state index in [1.54, 1.807) is 4.90 Å². The van der Waals surface area contributed by atoms with Crippen LogP contribution >= 0.6 is 0 Å². The van der Waals surface area contributed by atoms with Crippen molar-refractivity contribution in [2.24, 2.45) is 5.73 Å². The van der Waals surface area contributed by atoms with Gasteiger partial charge in [-0.1, -0.05) is 0 Å². The highest BCUT2D eigenvalue weighted by Gasteiger charge is 2.21. The Morgan fingerprint density at radius 1 is 1.25 bits per heavy atom. The number of amides is 2. The van der Waals surface area contributed by atoms with E-state index in [1.165, 1.54) is 24.3 Å². The van der Waals surface area contributed by atoms with Crippen LogP contribution in [0.25, 0.3) is 0 Å². The van der Waals surface area contributed by atoms with Crippen molar-refractivity contribution in [2.75, 3.05) is 18.4 Å². The third-order valence-electron chi connectivity index (χ3n) is 3.02. The fourth-order valence-corrected chi connectivity index (χ4v) is 1.85. The number of nitrogens with one attached hydrogen (secondary N) is 1. The molecule has 0 fully saturated rings. The number of nitrogens with zero attached hydrogens (tertiary/aromatic N) is 1. The first-order chi connectivity index (χ1) is 9.47. The van der Waals surface area contributed by atoms with Gasteiger partial charge in [-0.2, -0.15) is 0 Å². The number of halogens is 1. The summed E-state index contributed by atoms with van der Waals surface area (Å²) >= 11 is 0. The molecule has 1 atom stereocenters. The van der Waals surface area contributed by atoms with Crippen LogP contribution in [0, 0.1) is 5.82 Å². The number of anilines is 1. The highest BCUT2D eigenvalue weighted by atomic mass is 19.1. The minimum atomic E-state index is -0.812. The van der Waals surface area contributed by atoms with Gasteiger partial charge in [0.2, 0.25) is 11.8 Å². The van der Waals surface area contributed by atoms with Gasteiger partial charge < -0.3 is 16.0 Å². The second-order valence-electron chi connectivity index (χ2n) is 4.38. The molecule has 20 heavy (non-hydrogen) atoms. The first-order valence-corrected chi connectivity index (χ1v) is 6.57. The molecule has 0 heterocycles. The van der Waals surface area contributed by atoms with Crippen LogP contribution in [0.5, 0.6) is 0 Å². The molecular weight excluding hydrogens is 261 g/mol. The summed E-state index contributed by atoms with van der Waals surface area (Å²) in [5.41, 5.74) is 5.84. The van der Waals surface area contributed by atoms with Gasteiger partial charge in [-0.05, 0) is 38.1 Å². The van der Waals surface area contributed by atoms with Gasteiger partial charge in [0.1, 0.15) is 11.9 Å². The number of benzene rings is 1. The summed E-state index contributed by atoms with van der Waals surface area (Å²) in [6.45, 7) is 4.90. The summed E-state index contributed by atoms with van der Waals surface area (Å²) in [6.07, 6.45) is -0.0195. The standard InChI is InChI=1S/C14H20FN3O2/c1-3-18(4-2)13(19)9-12(14(16)20)17-11-7-5-10(15)6-8-11/h5-8,12,17H,3-4,9H2,1-2H3,(H2,16,20). The molecule has 1 aromatic carbocycles. The van der Waals surface area contributed by atoms with Crippen molar-refractivity contribution in [3.63, 3.8) is 0 Å². The molecule has 0 aliphatic carbocycles. The van der Waals surface area contributed by atoms with Gasteiger partial charge in [-0.3, -0.25) is 9.59 Å². The van der Waals surface area contributed by atoms with Crippen LogP contribution in [0.4, 0.5) is 10.1 Å². The van der Waals surface area contributed by atoms with E-state index in [0.717, 1.165) is 0 Å². The molecule has 1 rings (SSSR count). The number of carbonyl (C=O) groups excluding carboxylic acids is 2. The molecule has 1 unspecified atom stereocenters. The monoisotopic (exact) mass is 281 g/mol. The number of primary amides is 1. The molecule has 2 amide bonds. The van der Waals surface area contributed by atoms with Crippen molar-refractivity contribution in [3.8, 4) is 0 Å². The summed E-state index contributed by atoms with van der Waals surface area (Å²) < 4.78 is 12.8. The minimum Gasteiger partial charge on any atom is -0.373 e. The fourth-order valence-electron chi connectivity index (χ4n) is 1.85. The Bertz CT molecular complexity index is 458. The third kappa shape index (κ3) is 4.53. The lowest BCUT2D eigenvalue weighted by molar-refractivity contribution is -0.133. The average molecular weight is 281 g/mol. The molecule has 3 N–H and O–H groups in total. The van der Waals surface area contributed by atoms with E-state index >= 15 is 0 Å². The lowest BCUT2D eigenvalue weighted by Crippen LogP contribution is -2.41. The Morgan fingerprint density at radius 3 is 2.25 bits per heavy atom. The Morgan fingerprint density at radius 2 is 1.80 bits per heavy atom. The fraction of sp³-hybridized carbons (Fsp3) is 0.429. The van der Waals surface area contributed by atoms with Gasteiger partial charge >= 0.3 is 0 Å². The van der Waals surface area contributed by atoms with Gasteiger partial charge in [-0.15, -0.1) is 0 Å². The third-order valence-corrected chi connectivity index (χ3v) is 3.02. The van der Waals surface area contributed by atoms with Gasteiger partial charge in [0.25, 0.3) is 0 Å². The second-order valence-corrected chi connectivity index (χ2v) is 4.38. The smallest absolute Gasteiger partial charge is 0.240 e. The number of hydrogen-bond acceptors (Lipinski definition) is 3. The molecule has 1 aromatic rings. The maximum absolute atomic E-state index is 12.8. The van der Waals surface area contributed by atoms with E-state index in [2.05, 4.69) is 5.32 Å². The second kappa shape index (κ2) is 7.47. The minimum absolute atomic E-state index is 0.0195. The SMILES string of the molecule is CCN(CC)C(=O)CC(Nc1ccc(F)cc1)C(N)=O. The van der Waals surface area contributed by atoms with Crippen LogP contribution in [0.15, 0.2) is 24.3 Å². The highest BCUT2D eigenvalue weighted by Crippen LogP contribution is 2.12. The quantitative estimate of drug-likeness (QED) is 0.792. The van der Waals surface area contributed by atoms with Gasteiger partial charge in [0.15, 0.2) is 0 Å². The molecule has 0 saturated carbocycles. The zero-order valence-electron chi connectivity index (χ0n) is 11.7. The van der Waals surface area contributed by atoms with Crippen LogP contribution in [-0.2, 0) is 9.59 Å². The van der Waals surface area contributed by atoms with Crippen LogP contribution in [0.3, 0.4) is 0 Å². The molecular formula is C14H20FN3O2. The molecule has 0 radical (unpaired) electrons. The van der Waals surface area contributed by atoms with Crippen molar-refractivity contribution in [1.29, 1.82) is 0 Å². The summed E-state index contributed by atoms with van der Waals surface area (Å²) in [6, 6.07) is 4.72. The number of rotatable bonds is 7. The number of nitrogens with two attached hydrogens (primary N) is 1. The van der Waals surface area contributed by atoms with Crippen LogP contribution in [0.1, 0.15) is 20.3 Å². The molecule has 0 aliphatic rings. The van der Waals surface area contributed by atoms with Crippen molar-refractivity contribution in [2.45, 2.75) is 26.3 Å². The zero-order valence-corrected chi connectivity index (χ0v) is 11.7. The van der Waals surface area contributed by atoms with E-state index in [1.807, 2.05) is 13.8 Å². The van der Waals surface area contributed by atoms with Crippen LogP contribution in [0.2, 0.25) is 0 Å². The van der Waals surface area contributed by atoms with Crippen molar-refractivity contribution in [1.82, 2.24) is 4.90 Å². The Kier molecular flexibility index (Phi) is 5.96. The molecule has 0 aromatic heterocycles. The van der Waals surface area contributed by atoms with E-state index in [9.17, 15) is 14.0 Å². The van der Waals surface area contributed by atoms with E-state index in [-0.39, 0.29) is 18.1 Å². The topological polar surface area (TPSA) is 75.4 Å². The maximum atomic E-state index is 12.8. The first kappa shape index (κ1) is 15.9. The van der Waals surface area contributed by atoms with Gasteiger partial charge in [0.05, 0.1) is 6.42 Å². The first-order valence-electron chi connectivity index (χ1n) is 6.57. The van der Waals surface area contributed by atoms with E-state index < -0.39 is 11.9 Å². The molecule has 110 valence electrons. The van der Waals surface area contributed by atoms with Crippen LogP contribution < -0.4 is 11.1 Å². The number of carbonyl (C=O) groups is 2. The predicted molar refractivity (Wildman–Crippen MR) is 75.6 cm³/mol. The van der Waals surface area contributed by atoms with E-state index in [4.69, 9.17) is 5.73 Å². The summed E-state index contributed by atoms with van der Waals surface area (Å²) in [5.74, 6) is -1.13. The predicted octanol–water partition coefficient (Wildman–Crippen LogP) is 1.35. The van der Waals surface area contributed by atoms with Crippen molar-refractivity contribution in [3.05, 3.63) is 30.1 Å². The van der Waals surface area contributed by atoms with Crippen molar-refractivity contribution >= 4 is 17.5 Å². The van der Waals surface area contributed by atoms with E-state index in [0.29, 0.717) is 18.8 Å². The van der Waals surface area contributed by atoms with Gasteiger partial charge in [-0.25, -0.2) is 4.39 Å². The Balaban J connectivity index is 2.72. The maximum Gasteiger partial charge on any atom is 0.240 e. The van der Waals surface area contributed by atoms with Crippen LogP contribution in [-0.4, -0.2) is 35.8 Å². The highest BCUT2D eigenvalue weighted by molar-refractivity contribution is 5.89. The molecule has 5 nitrogen and oxygen atoms in total. The lowest BCUT2D eigenvalue weighted by Gasteiger charge is -2.22. The van der Waals surface area contributed by atoms with Crippen molar-refractivity contribution < 1.29 is 14.0 Å². The molecule has 0 aliphatic heterocycles. The average Bonchev–Trinajstić information content (AvgIpc) is 2.41. The molecule has 0 saturated heterocycles. The lowest BCUT2D eigenvalue weighted by atomic mass is 10.1. The molecule has 0 bridgehead atoms. The number of hydrogen-bond donors (Lipinski definition) is 2. The van der Waals surface area contributed by atoms with Gasteiger partial charge in [0, 0.05) is 18.8 Å². The Hall–Kier alpha value is -2.11. The Labute approximate surface area is 117 Å². The molecule has 0 spiro atoms. The summed E-state index contributed by atoms with van der Waals surface area (Å²) in [4.78, 5) is 25.0. The largest absolute Gasteiger partial charge is 0.373 e.